The fourth-order valence-corrected chi connectivity index (χ4v) is 1.79. The topological polar surface area (TPSA) is 40.5 Å². The molecule has 3 saturated heterocycles. The molecule has 3 heterocycles. The molecule has 3 rings (SSSR count). The smallest absolute Gasteiger partial charge is 0.161 e. The number of rotatable bonds is 0. The standard InChI is InChI=1S/C6H14N2O2/c9-7-1-2-8(10,5-3-7)6-4-7/h9-10H,1-6H2/q+2. The average molecular weight is 146 g/mol. The number of hydrogen-bond acceptors (Lipinski definition) is 2. The van der Waals surface area contributed by atoms with Crippen LogP contribution in [0.1, 0.15) is 0 Å². The Kier molecular flexibility index (Phi) is 1.12. The molecule has 3 aliphatic heterocycles. The van der Waals surface area contributed by atoms with Gasteiger partial charge in [-0.05, 0) is 0 Å². The van der Waals surface area contributed by atoms with E-state index >= 15 is 0 Å². The fraction of sp³-hybridized carbons (Fsp3) is 1.00. The minimum Gasteiger partial charge on any atom is -0.216 e. The average Bonchev–Trinajstić information content (AvgIpc) is 1.93. The second-order valence-electron chi connectivity index (χ2n) is 3.53. The minimum atomic E-state index is 0.195. The van der Waals surface area contributed by atoms with Gasteiger partial charge < -0.3 is 0 Å². The van der Waals surface area contributed by atoms with Crippen LogP contribution < -0.4 is 0 Å². The van der Waals surface area contributed by atoms with Crippen LogP contribution in [0.25, 0.3) is 0 Å². The molecule has 0 aromatic heterocycles. The van der Waals surface area contributed by atoms with Gasteiger partial charge in [0.2, 0.25) is 0 Å². The van der Waals surface area contributed by atoms with E-state index in [-0.39, 0.29) is 9.29 Å². The Morgan fingerprint density at radius 1 is 0.600 bits per heavy atom. The highest BCUT2D eigenvalue weighted by Gasteiger charge is 2.49. The highest BCUT2D eigenvalue weighted by molar-refractivity contribution is 4.51. The van der Waals surface area contributed by atoms with Crippen molar-refractivity contribution < 1.29 is 19.7 Å². The van der Waals surface area contributed by atoms with Gasteiger partial charge in [0.05, 0.1) is 0 Å². The van der Waals surface area contributed by atoms with E-state index in [1.54, 1.807) is 0 Å². The van der Waals surface area contributed by atoms with Crippen LogP contribution in [0.15, 0.2) is 0 Å². The first kappa shape index (κ1) is 6.54. The molecule has 3 aliphatic rings. The molecule has 0 aliphatic carbocycles. The number of quaternary nitrogens is 2. The molecule has 10 heavy (non-hydrogen) atoms. The van der Waals surface area contributed by atoms with Gasteiger partial charge in [0, 0.05) is 0 Å². The molecule has 0 saturated carbocycles. The van der Waals surface area contributed by atoms with Gasteiger partial charge >= 0.3 is 0 Å². The predicted molar refractivity (Wildman–Crippen MR) is 33.3 cm³/mol. The second kappa shape index (κ2) is 1.71. The van der Waals surface area contributed by atoms with Crippen molar-refractivity contribution in [3.05, 3.63) is 0 Å². The maximum absolute atomic E-state index is 9.65. The Balaban J connectivity index is 2.16. The quantitative estimate of drug-likeness (QED) is 0.449. The van der Waals surface area contributed by atoms with Crippen molar-refractivity contribution in [1.82, 2.24) is 0 Å². The minimum absolute atomic E-state index is 0.195. The Morgan fingerprint density at radius 2 is 0.800 bits per heavy atom. The SMILES string of the molecule is O[N+]12CC[N+](O)(CC1)CC2. The zero-order valence-electron chi connectivity index (χ0n) is 6.03. The lowest BCUT2D eigenvalue weighted by atomic mass is 10.2. The number of hydrogen-bond donors (Lipinski definition) is 2. The summed E-state index contributed by atoms with van der Waals surface area (Å²) < 4.78 is 0.390. The lowest BCUT2D eigenvalue weighted by Crippen LogP contribution is -2.72. The molecule has 0 aromatic carbocycles. The molecule has 4 heteroatoms. The molecular formula is C6H14N2O2+2. The zero-order valence-corrected chi connectivity index (χ0v) is 6.03. The van der Waals surface area contributed by atoms with Gasteiger partial charge in [-0.25, -0.2) is 10.4 Å². The van der Waals surface area contributed by atoms with Crippen LogP contribution in [-0.4, -0.2) is 59.0 Å². The summed E-state index contributed by atoms with van der Waals surface area (Å²) in [5, 5.41) is 19.3. The van der Waals surface area contributed by atoms with Crippen molar-refractivity contribution in [3.63, 3.8) is 0 Å². The van der Waals surface area contributed by atoms with E-state index < -0.39 is 0 Å². The third-order valence-electron chi connectivity index (χ3n) is 2.80. The summed E-state index contributed by atoms with van der Waals surface area (Å²) in [6.45, 7) is 4.31. The summed E-state index contributed by atoms with van der Waals surface area (Å²) in [7, 11) is 0. The fourth-order valence-electron chi connectivity index (χ4n) is 1.79. The highest BCUT2D eigenvalue weighted by Crippen LogP contribution is 2.21. The van der Waals surface area contributed by atoms with E-state index in [2.05, 4.69) is 0 Å². The van der Waals surface area contributed by atoms with Crippen LogP contribution in [0.4, 0.5) is 0 Å². The molecule has 0 unspecified atom stereocenters. The predicted octanol–water partition coefficient (Wildman–Crippen LogP) is -0.574. The van der Waals surface area contributed by atoms with E-state index in [1.807, 2.05) is 0 Å². The molecule has 0 spiro atoms. The molecule has 2 bridgehead atoms. The Morgan fingerprint density at radius 3 is 1.00 bits per heavy atom. The third kappa shape index (κ3) is 0.845. The lowest BCUT2D eigenvalue weighted by molar-refractivity contribution is -1.23. The van der Waals surface area contributed by atoms with Crippen molar-refractivity contribution in [3.8, 4) is 0 Å². The molecule has 0 amide bonds. The van der Waals surface area contributed by atoms with Gasteiger partial charge in [-0.1, -0.05) is 0 Å². The maximum atomic E-state index is 9.65. The van der Waals surface area contributed by atoms with Crippen molar-refractivity contribution in [2.75, 3.05) is 39.3 Å². The van der Waals surface area contributed by atoms with Gasteiger partial charge in [0.15, 0.2) is 39.3 Å². The Hall–Kier alpha value is -0.160. The van der Waals surface area contributed by atoms with E-state index in [9.17, 15) is 10.4 Å². The summed E-state index contributed by atoms with van der Waals surface area (Å²) in [5.41, 5.74) is 0. The van der Waals surface area contributed by atoms with Crippen molar-refractivity contribution in [2.45, 2.75) is 0 Å². The second-order valence-corrected chi connectivity index (χ2v) is 3.53. The maximum Gasteiger partial charge on any atom is 0.161 e. The molecule has 0 atom stereocenters. The Bertz CT molecular complexity index is 117. The van der Waals surface area contributed by atoms with E-state index in [0.29, 0.717) is 0 Å². The van der Waals surface area contributed by atoms with Crippen LogP contribution in [0.3, 0.4) is 0 Å². The third-order valence-corrected chi connectivity index (χ3v) is 2.80. The van der Waals surface area contributed by atoms with Crippen molar-refractivity contribution >= 4 is 0 Å². The van der Waals surface area contributed by atoms with Crippen LogP contribution in [-0.2, 0) is 0 Å². The number of hydroxylamine groups is 6. The van der Waals surface area contributed by atoms with E-state index in [0.717, 1.165) is 39.3 Å². The summed E-state index contributed by atoms with van der Waals surface area (Å²) in [6, 6.07) is 0. The number of piperazine rings is 3. The normalized spacial score (nSPS) is 53.4. The first-order valence-corrected chi connectivity index (χ1v) is 3.80. The first-order chi connectivity index (χ1) is 4.62. The van der Waals surface area contributed by atoms with Gasteiger partial charge in [-0.15, -0.1) is 0 Å². The summed E-state index contributed by atoms with van der Waals surface area (Å²) in [4.78, 5) is 0. The Labute approximate surface area is 60.0 Å². The van der Waals surface area contributed by atoms with Gasteiger partial charge in [-0.2, -0.15) is 9.29 Å². The molecule has 0 radical (unpaired) electrons. The number of fused-ring (bicyclic) bond motifs is 3. The van der Waals surface area contributed by atoms with Crippen molar-refractivity contribution in [2.24, 2.45) is 0 Å². The van der Waals surface area contributed by atoms with E-state index in [1.165, 1.54) is 0 Å². The molecule has 58 valence electrons. The highest BCUT2D eigenvalue weighted by atomic mass is 16.6. The first-order valence-electron chi connectivity index (χ1n) is 3.80. The summed E-state index contributed by atoms with van der Waals surface area (Å²) >= 11 is 0. The molecular weight excluding hydrogens is 132 g/mol. The van der Waals surface area contributed by atoms with Crippen LogP contribution >= 0.6 is 0 Å². The molecule has 0 aromatic rings. The lowest BCUT2D eigenvalue weighted by Gasteiger charge is -2.46. The monoisotopic (exact) mass is 146 g/mol. The zero-order chi connectivity index (χ0) is 7.24. The molecule has 3 fully saturated rings. The van der Waals surface area contributed by atoms with Gasteiger partial charge in [0.25, 0.3) is 0 Å². The van der Waals surface area contributed by atoms with Crippen LogP contribution in [0.5, 0.6) is 0 Å². The van der Waals surface area contributed by atoms with Gasteiger partial charge in [-0.3, -0.25) is 0 Å². The van der Waals surface area contributed by atoms with Gasteiger partial charge in [0.1, 0.15) is 0 Å². The largest absolute Gasteiger partial charge is 0.216 e. The van der Waals surface area contributed by atoms with E-state index in [4.69, 9.17) is 0 Å². The van der Waals surface area contributed by atoms with Crippen molar-refractivity contribution in [1.29, 1.82) is 0 Å². The van der Waals surface area contributed by atoms with Crippen LogP contribution in [0, 0.1) is 0 Å². The molecule has 2 N–H and O–H groups in total. The van der Waals surface area contributed by atoms with Crippen LogP contribution in [0.2, 0.25) is 0 Å². The number of nitrogens with zero attached hydrogens (tertiary/aromatic N) is 2. The summed E-state index contributed by atoms with van der Waals surface area (Å²) in [5.74, 6) is 0. The summed E-state index contributed by atoms with van der Waals surface area (Å²) in [6.07, 6.45) is 0. The molecule has 4 nitrogen and oxygen atoms in total.